The third-order valence-corrected chi connectivity index (χ3v) is 9.80. The molecule has 4 heteroatoms. The molecule has 0 aromatic heterocycles. The number of carbonyl (C=O) groups excluding carboxylic acids is 1. The first-order valence-corrected chi connectivity index (χ1v) is 11.2. The van der Waals surface area contributed by atoms with E-state index in [0.717, 1.165) is 51.4 Å². The molecular formula is C23H38O4. The number of Topliss-reactive ketones (excluding diaryl/α,β-unsaturated/α-hetero) is 1. The van der Waals surface area contributed by atoms with Crippen LogP contribution in [-0.4, -0.2) is 39.4 Å². The fraction of sp³-hybridized carbons (Fsp3) is 0.957. The number of aliphatic hydroxyl groups is 3. The minimum Gasteiger partial charge on any atom is -0.393 e. The molecule has 0 saturated heterocycles. The van der Waals surface area contributed by atoms with Gasteiger partial charge in [-0.3, -0.25) is 0 Å². The summed E-state index contributed by atoms with van der Waals surface area (Å²) >= 11 is 0. The van der Waals surface area contributed by atoms with Gasteiger partial charge in [-0.1, -0.05) is 13.8 Å². The molecule has 0 radical (unpaired) electrons. The molecule has 3 N–H and O–H groups in total. The van der Waals surface area contributed by atoms with Gasteiger partial charge in [0.2, 0.25) is 0 Å². The van der Waals surface area contributed by atoms with Crippen LogP contribution in [-0.2, 0) is 4.79 Å². The number of hydrogen-bond acceptors (Lipinski definition) is 4. The summed E-state index contributed by atoms with van der Waals surface area (Å²) in [5, 5.41) is 32.7. The molecule has 4 saturated carbocycles. The van der Waals surface area contributed by atoms with Crippen LogP contribution in [0, 0.1) is 40.4 Å². The molecule has 0 amide bonds. The molecule has 154 valence electrons. The van der Waals surface area contributed by atoms with Crippen LogP contribution in [0.4, 0.5) is 0 Å². The van der Waals surface area contributed by atoms with E-state index < -0.39 is 0 Å². The van der Waals surface area contributed by atoms with Gasteiger partial charge in [-0.05, 0) is 98.7 Å². The fourth-order valence-corrected chi connectivity index (χ4v) is 8.14. The van der Waals surface area contributed by atoms with Crippen molar-refractivity contribution in [1.29, 1.82) is 0 Å². The summed E-state index contributed by atoms with van der Waals surface area (Å²) in [4.78, 5) is 11.5. The molecule has 27 heavy (non-hydrogen) atoms. The minimum atomic E-state index is -0.349. The average Bonchev–Trinajstić information content (AvgIpc) is 2.93. The third kappa shape index (κ3) is 2.93. The molecule has 4 fully saturated rings. The minimum absolute atomic E-state index is 0.128. The molecule has 0 aliphatic heterocycles. The van der Waals surface area contributed by atoms with E-state index in [1.165, 1.54) is 0 Å². The number of rotatable bonds is 3. The van der Waals surface area contributed by atoms with Crippen LogP contribution in [0.25, 0.3) is 0 Å². The molecule has 0 heterocycles. The second-order valence-electron chi connectivity index (χ2n) is 10.9. The maximum Gasteiger partial charge on any atom is 0.129 e. The lowest BCUT2D eigenvalue weighted by Crippen LogP contribution is -2.62. The predicted molar refractivity (Wildman–Crippen MR) is 104 cm³/mol. The molecule has 0 aromatic carbocycles. The van der Waals surface area contributed by atoms with Crippen LogP contribution in [0.2, 0.25) is 0 Å². The number of ketones is 1. The molecular weight excluding hydrogens is 340 g/mol. The van der Waals surface area contributed by atoms with Gasteiger partial charge >= 0.3 is 0 Å². The highest BCUT2D eigenvalue weighted by molar-refractivity contribution is 5.75. The van der Waals surface area contributed by atoms with E-state index in [0.29, 0.717) is 30.1 Å². The Kier molecular flexibility index (Phi) is 5.01. The summed E-state index contributed by atoms with van der Waals surface area (Å²) in [6.45, 7) is 6.26. The van der Waals surface area contributed by atoms with Crippen LogP contribution in [0.15, 0.2) is 0 Å². The Bertz CT molecular complexity index is 591. The largest absolute Gasteiger partial charge is 0.393 e. The van der Waals surface area contributed by atoms with Gasteiger partial charge in [0.1, 0.15) is 5.78 Å². The molecule has 4 aliphatic carbocycles. The highest BCUT2D eigenvalue weighted by atomic mass is 16.3. The van der Waals surface area contributed by atoms with E-state index in [1.807, 2.05) is 0 Å². The zero-order valence-corrected chi connectivity index (χ0v) is 17.2. The molecule has 5 unspecified atom stereocenters. The van der Waals surface area contributed by atoms with Gasteiger partial charge in [0.25, 0.3) is 0 Å². The Morgan fingerprint density at radius 2 is 1.74 bits per heavy atom. The average molecular weight is 379 g/mol. The van der Waals surface area contributed by atoms with Crippen molar-refractivity contribution in [3.63, 3.8) is 0 Å². The van der Waals surface area contributed by atoms with Gasteiger partial charge in [0.05, 0.1) is 18.3 Å². The second-order valence-corrected chi connectivity index (χ2v) is 10.9. The Morgan fingerprint density at radius 3 is 2.44 bits per heavy atom. The van der Waals surface area contributed by atoms with Crippen LogP contribution in [0.5, 0.6) is 0 Å². The molecule has 10 atom stereocenters. The molecule has 0 aromatic rings. The first kappa shape index (κ1) is 19.8. The maximum absolute atomic E-state index is 11.5. The van der Waals surface area contributed by atoms with E-state index in [1.54, 1.807) is 6.92 Å². The lowest BCUT2D eigenvalue weighted by Gasteiger charge is -2.63. The van der Waals surface area contributed by atoms with Crippen molar-refractivity contribution < 1.29 is 20.1 Å². The summed E-state index contributed by atoms with van der Waals surface area (Å²) in [5.41, 5.74) is -0.0438. The van der Waals surface area contributed by atoms with Crippen molar-refractivity contribution >= 4 is 5.78 Å². The van der Waals surface area contributed by atoms with E-state index >= 15 is 0 Å². The quantitative estimate of drug-likeness (QED) is 0.704. The second kappa shape index (κ2) is 6.81. The zero-order valence-electron chi connectivity index (χ0n) is 17.2. The van der Waals surface area contributed by atoms with Gasteiger partial charge in [-0.2, -0.15) is 0 Å². The molecule has 4 nitrogen and oxygen atoms in total. The topological polar surface area (TPSA) is 77.8 Å². The third-order valence-electron chi connectivity index (χ3n) is 9.80. The first-order chi connectivity index (χ1) is 12.7. The summed E-state index contributed by atoms with van der Waals surface area (Å²) < 4.78 is 0. The lowest BCUT2D eigenvalue weighted by molar-refractivity contribution is -0.204. The Balaban J connectivity index is 1.63. The Morgan fingerprint density at radius 1 is 1.00 bits per heavy atom. The summed E-state index contributed by atoms with van der Waals surface area (Å²) in [7, 11) is 0. The fourth-order valence-electron chi connectivity index (χ4n) is 8.14. The van der Waals surface area contributed by atoms with Crippen molar-refractivity contribution in [1.82, 2.24) is 0 Å². The highest BCUT2D eigenvalue weighted by Gasteiger charge is 2.65. The molecule has 0 bridgehead atoms. The van der Waals surface area contributed by atoms with Gasteiger partial charge in [0.15, 0.2) is 0 Å². The summed E-state index contributed by atoms with van der Waals surface area (Å²) in [5.74, 6) is 1.94. The van der Waals surface area contributed by atoms with Gasteiger partial charge in [-0.15, -0.1) is 0 Å². The molecule has 4 aliphatic rings. The van der Waals surface area contributed by atoms with Crippen molar-refractivity contribution in [3.05, 3.63) is 0 Å². The highest BCUT2D eigenvalue weighted by Crippen LogP contribution is 2.67. The monoisotopic (exact) mass is 378 g/mol. The first-order valence-electron chi connectivity index (χ1n) is 11.2. The van der Waals surface area contributed by atoms with Crippen LogP contribution < -0.4 is 0 Å². The predicted octanol–water partition coefficient (Wildman–Crippen LogP) is 3.32. The van der Waals surface area contributed by atoms with Gasteiger partial charge in [0, 0.05) is 6.42 Å². The van der Waals surface area contributed by atoms with Crippen LogP contribution >= 0.6 is 0 Å². The van der Waals surface area contributed by atoms with E-state index in [-0.39, 0.29) is 40.8 Å². The Labute approximate surface area is 163 Å². The van der Waals surface area contributed by atoms with Crippen molar-refractivity contribution in [2.24, 2.45) is 40.4 Å². The normalized spacial score (nSPS) is 54.7. The number of carbonyl (C=O) groups is 1. The van der Waals surface area contributed by atoms with Crippen molar-refractivity contribution in [2.75, 3.05) is 0 Å². The van der Waals surface area contributed by atoms with Crippen molar-refractivity contribution in [3.8, 4) is 0 Å². The van der Waals surface area contributed by atoms with E-state index in [4.69, 9.17) is 0 Å². The smallest absolute Gasteiger partial charge is 0.129 e. The maximum atomic E-state index is 11.5. The Hall–Kier alpha value is -0.450. The number of hydrogen-bond donors (Lipinski definition) is 3. The van der Waals surface area contributed by atoms with E-state index in [9.17, 15) is 20.1 Å². The van der Waals surface area contributed by atoms with Crippen LogP contribution in [0.3, 0.4) is 0 Å². The lowest BCUT2D eigenvalue weighted by atomic mass is 9.43. The van der Waals surface area contributed by atoms with E-state index in [2.05, 4.69) is 13.8 Å². The zero-order chi connectivity index (χ0) is 19.6. The molecule has 4 rings (SSSR count). The number of aliphatic hydroxyl groups excluding tert-OH is 3. The van der Waals surface area contributed by atoms with Gasteiger partial charge < -0.3 is 20.1 Å². The SMILES string of the molecule is CC(=O)CCC1CCC2C3C(C[C@H](O)[C@]12C)[C@@]1(C)CC[C@@H](O)CC1C[C@H]3O. The standard InChI is InChI=1S/C23H38O4/c1-13(24)4-5-14-6-7-17-21-18(12-20(27)23(14,17)3)22(2)9-8-16(25)10-15(22)11-19(21)26/h14-21,25-27H,4-12H2,1-3H3/t14?,15?,16-,17?,18?,19-,20+,21?,22+,23-/m1/s1. The summed E-state index contributed by atoms with van der Waals surface area (Å²) in [6.07, 6.45) is 6.96. The molecule has 0 spiro atoms. The van der Waals surface area contributed by atoms with Gasteiger partial charge in [-0.25, -0.2) is 0 Å². The van der Waals surface area contributed by atoms with Crippen LogP contribution in [0.1, 0.15) is 78.6 Å². The number of fused-ring (bicyclic) bond motifs is 5. The van der Waals surface area contributed by atoms with Crippen molar-refractivity contribution in [2.45, 2.75) is 96.9 Å². The summed E-state index contributed by atoms with van der Waals surface area (Å²) in [6, 6.07) is 0.